The summed E-state index contributed by atoms with van der Waals surface area (Å²) in [5, 5.41) is -0.523. The molecule has 1 aromatic heterocycles. The number of methoxy groups -OCH3 is 2. The molecule has 3 aliphatic heterocycles. The number of rotatable bonds is 5. The number of nitrogens with zero attached hydrogens (tertiary/aromatic N) is 3. The second-order valence-electron chi connectivity index (χ2n) is 9.07. The zero-order valence-corrected chi connectivity index (χ0v) is 21.9. The van der Waals surface area contributed by atoms with Crippen LogP contribution in [-0.2, 0) is 20.9 Å². The van der Waals surface area contributed by atoms with Crippen LogP contribution in [-0.4, -0.2) is 70.7 Å². The number of nitrogens with two attached hydrogens (primary N) is 1. The first-order valence-corrected chi connectivity index (χ1v) is 13.5. The van der Waals surface area contributed by atoms with Crippen LogP contribution in [0.15, 0.2) is 28.0 Å². The minimum Gasteiger partial charge on any atom is -0.493 e. The second-order valence-corrected chi connectivity index (χ2v) is 11.2. The van der Waals surface area contributed by atoms with Crippen LogP contribution in [0.1, 0.15) is 35.6 Å². The number of hydrogen-bond acceptors (Lipinski definition) is 9. The van der Waals surface area contributed by atoms with Crippen LogP contribution in [0, 0.1) is 5.92 Å². The first kappa shape index (κ1) is 25.3. The Morgan fingerprint density at radius 1 is 1.03 bits per heavy atom. The molecule has 3 aliphatic rings. The lowest BCUT2D eigenvalue weighted by Gasteiger charge is -2.31. The van der Waals surface area contributed by atoms with Gasteiger partial charge in [0.15, 0.2) is 11.5 Å². The van der Waals surface area contributed by atoms with Gasteiger partial charge in [-0.25, -0.2) is 4.79 Å². The van der Waals surface area contributed by atoms with E-state index in [0.717, 1.165) is 42.4 Å². The van der Waals surface area contributed by atoms with Crippen molar-refractivity contribution in [2.24, 2.45) is 11.7 Å². The standard InChI is InChI=1S/C24H26N4O7S2/c1-34-13-7-6-12(10-14(13)35-2)16-17-18(21(31)28(20(17)30)23(25)32)36-22-19(16)37-24(33)27(22)11-15(29)26-8-4-3-5-9-26/h6-7,10,16-18H,3-5,8-9,11H2,1-2H3,(H2,25,32). The smallest absolute Gasteiger partial charge is 0.328 e. The maximum atomic E-state index is 13.3. The van der Waals surface area contributed by atoms with Gasteiger partial charge in [-0.15, -0.1) is 0 Å². The molecule has 0 radical (unpaired) electrons. The Hall–Kier alpha value is -3.32. The van der Waals surface area contributed by atoms with E-state index in [1.54, 1.807) is 23.1 Å². The number of thioether (sulfide) groups is 1. The van der Waals surface area contributed by atoms with Crippen LogP contribution in [0.2, 0.25) is 0 Å². The highest BCUT2D eigenvalue weighted by atomic mass is 32.2. The number of imide groups is 3. The molecule has 1 aromatic carbocycles. The molecule has 0 saturated carbocycles. The molecule has 2 saturated heterocycles. The third kappa shape index (κ3) is 4.19. The highest BCUT2D eigenvalue weighted by Gasteiger charge is 2.58. The number of fused-ring (bicyclic) bond motifs is 2. The summed E-state index contributed by atoms with van der Waals surface area (Å²) in [6, 6.07) is 3.97. The van der Waals surface area contributed by atoms with Crippen molar-refractivity contribution in [3.8, 4) is 11.5 Å². The van der Waals surface area contributed by atoms with Crippen molar-refractivity contribution < 1.29 is 28.7 Å². The van der Waals surface area contributed by atoms with E-state index in [9.17, 15) is 24.0 Å². The third-order valence-electron chi connectivity index (χ3n) is 7.04. The number of amides is 5. The Kier molecular flexibility index (Phi) is 6.75. The fourth-order valence-corrected chi connectivity index (χ4v) is 8.03. The molecule has 2 N–H and O–H groups in total. The first-order valence-electron chi connectivity index (χ1n) is 11.8. The van der Waals surface area contributed by atoms with Gasteiger partial charge in [-0.3, -0.25) is 23.7 Å². The molecule has 0 spiro atoms. The summed E-state index contributed by atoms with van der Waals surface area (Å²) in [6.45, 7) is 1.13. The molecule has 5 amide bonds. The Labute approximate surface area is 220 Å². The van der Waals surface area contributed by atoms with E-state index in [2.05, 4.69) is 0 Å². The van der Waals surface area contributed by atoms with Gasteiger partial charge in [0.1, 0.15) is 11.8 Å². The van der Waals surface area contributed by atoms with Crippen LogP contribution >= 0.6 is 23.1 Å². The SMILES string of the molecule is COc1ccc(C2c3sc(=O)n(CC(=O)N4CCCCC4)c3SC3C(=O)N(C(N)=O)C(=O)C32)cc1OC. The minimum atomic E-state index is -1.14. The Morgan fingerprint density at radius 3 is 2.38 bits per heavy atom. The lowest BCUT2D eigenvalue weighted by molar-refractivity contribution is -0.136. The van der Waals surface area contributed by atoms with Gasteiger partial charge in [0.25, 0.3) is 5.91 Å². The predicted molar refractivity (Wildman–Crippen MR) is 135 cm³/mol. The molecule has 0 aliphatic carbocycles. The molecule has 5 rings (SSSR count). The van der Waals surface area contributed by atoms with Gasteiger partial charge in [-0.05, 0) is 37.0 Å². The van der Waals surface area contributed by atoms with E-state index < -0.39 is 34.9 Å². The summed E-state index contributed by atoms with van der Waals surface area (Å²) >= 11 is 1.98. The van der Waals surface area contributed by atoms with Crippen molar-refractivity contribution in [1.29, 1.82) is 0 Å². The Morgan fingerprint density at radius 2 is 1.73 bits per heavy atom. The second kappa shape index (κ2) is 9.86. The van der Waals surface area contributed by atoms with Crippen LogP contribution < -0.4 is 20.1 Å². The molecule has 0 bridgehead atoms. The summed E-state index contributed by atoms with van der Waals surface area (Å²) in [7, 11) is 2.98. The molecule has 2 aromatic rings. The van der Waals surface area contributed by atoms with Crippen LogP contribution in [0.25, 0.3) is 0 Å². The maximum absolute atomic E-state index is 13.3. The average molecular weight is 547 g/mol. The summed E-state index contributed by atoms with van der Waals surface area (Å²) in [5.74, 6) is -2.41. The van der Waals surface area contributed by atoms with Crippen molar-refractivity contribution in [2.45, 2.75) is 42.0 Å². The Balaban J connectivity index is 1.62. The Bertz CT molecular complexity index is 1350. The number of carbonyl (C=O) groups excluding carboxylic acids is 4. The molecule has 13 heteroatoms. The molecular weight excluding hydrogens is 520 g/mol. The van der Waals surface area contributed by atoms with Crippen molar-refractivity contribution in [3.63, 3.8) is 0 Å². The number of likely N-dealkylation sites (tertiary alicyclic amines) is 2. The number of urea groups is 1. The zero-order chi connectivity index (χ0) is 26.4. The third-order valence-corrected chi connectivity index (χ3v) is 9.64. The molecular formula is C24H26N4O7S2. The quantitative estimate of drug-likeness (QED) is 0.558. The van der Waals surface area contributed by atoms with Crippen molar-refractivity contribution >= 4 is 46.9 Å². The molecule has 196 valence electrons. The van der Waals surface area contributed by atoms with E-state index >= 15 is 0 Å². The van der Waals surface area contributed by atoms with Gasteiger partial charge in [0.05, 0.1) is 25.2 Å². The normalized spacial score (nSPS) is 23.0. The number of thiazole rings is 1. The highest BCUT2D eigenvalue weighted by Crippen LogP contribution is 2.54. The van der Waals surface area contributed by atoms with Crippen LogP contribution in [0.3, 0.4) is 0 Å². The van der Waals surface area contributed by atoms with Gasteiger partial charge in [-0.1, -0.05) is 29.2 Å². The molecule has 3 atom stereocenters. The maximum Gasteiger partial charge on any atom is 0.328 e. The zero-order valence-electron chi connectivity index (χ0n) is 20.3. The fraction of sp³-hybridized carbons (Fsp3) is 0.458. The minimum absolute atomic E-state index is 0.157. The number of carbonyl (C=O) groups is 4. The summed E-state index contributed by atoms with van der Waals surface area (Å²) in [4.78, 5) is 67.2. The lowest BCUT2D eigenvalue weighted by atomic mass is 9.83. The van der Waals surface area contributed by atoms with Gasteiger partial charge in [-0.2, -0.15) is 4.90 Å². The van der Waals surface area contributed by atoms with Crippen LogP contribution in [0.5, 0.6) is 11.5 Å². The largest absolute Gasteiger partial charge is 0.493 e. The summed E-state index contributed by atoms with van der Waals surface area (Å²) in [5.41, 5.74) is 5.99. The molecule has 4 heterocycles. The number of aromatic nitrogens is 1. The van der Waals surface area contributed by atoms with Gasteiger partial charge in [0, 0.05) is 23.9 Å². The number of piperidine rings is 1. The van der Waals surface area contributed by atoms with Gasteiger partial charge >= 0.3 is 10.9 Å². The van der Waals surface area contributed by atoms with Crippen molar-refractivity contribution in [2.75, 3.05) is 27.3 Å². The molecule has 11 nitrogen and oxygen atoms in total. The van der Waals surface area contributed by atoms with E-state index in [0.29, 0.717) is 45.0 Å². The number of hydrogen-bond donors (Lipinski definition) is 1. The van der Waals surface area contributed by atoms with Crippen LogP contribution in [0.4, 0.5) is 4.79 Å². The average Bonchev–Trinajstić information content (AvgIpc) is 3.34. The topological polar surface area (TPSA) is 141 Å². The van der Waals surface area contributed by atoms with E-state index in [1.807, 2.05) is 0 Å². The highest BCUT2D eigenvalue weighted by molar-refractivity contribution is 8.00. The number of ether oxygens (including phenoxy) is 2. The van der Waals surface area contributed by atoms with E-state index in [1.165, 1.54) is 18.8 Å². The predicted octanol–water partition coefficient (Wildman–Crippen LogP) is 1.61. The lowest BCUT2D eigenvalue weighted by Crippen LogP contribution is -2.41. The fourth-order valence-electron chi connectivity index (χ4n) is 5.26. The van der Waals surface area contributed by atoms with Gasteiger partial charge < -0.3 is 20.1 Å². The van der Waals surface area contributed by atoms with Crippen molar-refractivity contribution in [1.82, 2.24) is 14.4 Å². The number of primary amides is 1. The summed E-state index contributed by atoms with van der Waals surface area (Å²) in [6.07, 6.45) is 2.90. The summed E-state index contributed by atoms with van der Waals surface area (Å²) < 4.78 is 12.2. The van der Waals surface area contributed by atoms with Gasteiger partial charge in [0.2, 0.25) is 11.8 Å². The molecule has 2 fully saturated rings. The monoisotopic (exact) mass is 546 g/mol. The molecule has 37 heavy (non-hydrogen) atoms. The van der Waals surface area contributed by atoms with Crippen molar-refractivity contribution in [3.05, 3.63) is 38.3 Å². The van der Waals surface area contributed by atoms with E-state index in [4.69, 9.17) is 15.2 Å². The van der Waals surface area contributed by atoms with E-state index in [-0.39, 0.29) is 17.3 Å². The molecule has 3 unspecified atom stereocenters. The first-order chi connectivity index (χ1) is 17.8. The number of benzene rings is 1.